The van der Waals surface area contributed by atoms with Crippen molar-refractivity contribution in [1.82, 2.24) is 4.31 Å². The van der Waals surface area contributed by atoms with E-state index < -0.39 is 10.0 Å². The summed E-state index contributed by atoms with van der Waals surface area (Å²) in [4.78, 5) is 0. The summed E-state index contributed by atoms with van der Waals surface area (Å²) in [6.07, 6.45) is 0.992. The molecule has 2 rings (SSSR count). The molecule has 4 nitrogen and oxygen atoms in total. The van der Waals surface area contributed by atoms with E-state index in [1.54, 1.807) is 0 Å². The smallest absolute Gasteiger partial charge is 0.211 e. The first kappa shape index (κ1) is 12.5. The topological polar surface area (TPSA) is 46.6 Å². The van der Waals surface area contributed by atoms with Gasteiger partial charge in [0.1, 0.15) is 0 Å². The van der Waals surface area contributed by atoms with Crippen molar-refractivity contribution in [3.63, 3.8) is 0 Å². The Morgan fingerprint density at radius 1 is 1.24 bits per heavy atom. The van der Waals surface area contributed by atoms with Gasteiger partial charge in [0.05, 0.1) is 18.5 Å². The summed E-state index contributed by atoms with van der Waals surface area (Å²) in [5.74, 6) is 0. The molecule has 0 aromatic heterocycles. The first-order chi connectivity index (χ1) is 7.97. The van der Waals surface area contributed by atoms with Crippen LogP contribution in [0.15, 0.2) is 30.3 Å². The van der Waals surface area contributed by atoms with E-state index in [0.717, 1.165) is 5.56 Å². The molecule has 1 saturated heterocycles. The minimum Gasteiger partial charge on any atom is -0.368 e. The second-order valence-electron chi connectivity index (χ2n) is 4.43. The number of ether oxygens (including phenoxy) is 1. The average molecular weight is 255 g/mol. The van der Waals surface area contributed by atoms with Crippen molar-refractivity contribution in [3.05, 3.63) is 35.9 Å². The molecule has 1 fully saturated rings. The molecule has 0 radical (unpaired) electrons. The fourth-order valence-corrected chi connectivity index (χ4v) is 2.92. The van der Waals surface area contributed by atoms with Gasteiger partial charge >= 0.3 is 0 Å². The molecule has 94 valence electrons. The van der Waals surface area contributed by atoms with Crippen LogP contribution in [-0.4, -0.2) is 38.2 Å². The maximum atomic E-state index is 11.6. The normalized spacial score (nSPS) is 26.9. The maximum absolute atomic E-state index is 11.6. The Hall–Kier alpha value is -0.910. The number of hydrogen-bond acceptors (Lipinski definition) is 3. The van der Waals surface area contributed by atoms with Crippen molar-refractivity contribution in [1.29, 1.82) is 0 Å². The van der Waals surface area contributed by atoms with Gasteiger partial charge in [0.25, 0.3) is 0 Å². The monoisotopic (exact) mass is 255 g/mol. The lowest BCUT2D eigenvalue weighted by Crippen LogP contribution is -2.45. The number of rotatable bonds is 2. The Morgan fingerprint density at radius 3 is 2.47 bits per heavy atom. The van der Waals surface area contributed by atoms with Gasteiger partial charge in [0.2, 0.25) is 10.0 Å². The minimum atomic E-state index is -3.15. The van der Waals surface area contributed by atoms with Gasteiger partial charge in [-0.05, 0) is 12.5 Å². The predicted molar refractivity (Wildman–Crippen MR) is 66.1 cm³/mol. The van der Waals surface area contributed by atoms with Crippen LogP contribution in [0.2, 0.25) is 0 Å². The third-order valence-electron chi connectivity index (χ3n) is 2.87. The Kier molecular flexibility index (Phi) is 3.51. The standard InChI is InChI=1S/C12H17NO3S/c1-10-8-13(17(2,14)15)9-12(16-10)11-6-4-3-5-7-11/h3-7,10,12H,8-9H2,1-2H3. The Morgan fingerprint density at radius 2 is 1.88 bits per heavy atom. The number of sulfonamides is 1. The molecule has 1 heterocycles. The zero-order chi connectivity index (χ0) is 12.5. The van der Waals surface area contributed by atoms with E-state index in [9.17, 15) is 8.42 Å². The molecule has 0 saturated carbocycles. The van der Waals surface area contributed by atoms with Crippen molar-refractivity contribution in [2.24, 2.45) is 0 Å². The highest BCUT2D eigenvalue weighted by atomic mass is 32.2. The third-order valence-corrected chi connectivity index (χ3v) is 4.10. The molecule has 0 aliphatic carbocycles. The van der Waals surface area contributed by atoms with Crippen LogP contribution in [0.5, 0.6) is 0 Å². The molecular weight excluding hydrogens is 238 g/mol. The van der Waals surface area contributed by atoms with Gasteiger partial charge in [-0.2, -0.15) is 4.31 Å². The van der Waals surface area contributed by atoms with Crippen LogP contribution >= 0.6 is 0 Å². The number of nitrogens with zero attached hydrogens (tertiary/aromatic N) is 1. The highest BCUT2D eigenvalue weighted by Gasteiger charge is 2.31. The second kappa shape index (κ2) is 4.76. The van der Waals surface area contributed by atoms with Crippen molar-refractivity contribution in [2.75, 3.05) is 19.3 Å². The molecular formula is C12H17NO3S. The van der Waals surface area contributed by atoms with Gasteiger partial charge < -0.3 is 4.74 Å². The Labute approximate surface area is 102 Å². The molecule has 2 unspecified atom stereocenters. The Bertz CT molecular complexity index is 472. The SMILES string of the molecule is CC1CN(S(C)(=O)=O)CC(c2ccccc2)O1. The second-order valence-corrected chi connectivity index (χ2v) is 6.41. The largest absolute Gasteiger partial charge is 0.368 e. The fourth-order valence-electron chi connectivity index (χ4n) is 2.04. The molecule has 0 spiro atoms. The fraction of sp³-hybridized carbons (Fsp3) is 0.500. The minimum absolute atomic E-state index is 0.0799. The van der Waals surface area contributed by atoms with E-state index in [0.29, 0.717) is 13.1 Å². The van der Waals surface area contributed by atoms with Gasteiger partial charge in [-0.3, -0.25) is 0 Å². The lowest BCUT2D eigenvalue weighted by atomic mass is 10.1. The lowest BCUT2D eigenvalue weighted by molar-refractivity contribution is -0.0555. The van der Waals surface area contributed by atoms with Crippen molar-refractivity contribution < 1.29 is 13.2 Å². The lowest BCUT2D eigenvalue weighted by Gasteiger charge is -2.35. The first-order valence-electron chi connectivity index (χ1n) is 5.62. The van der Waals surface area contributed by atoms with Crippen LogP contribution in [0.25, 0.3) is 0 Å². The number of benzene rings is 1. The van der Waals surface area contributed by atoms with Crippen LogP contribution in [-0.2, 0) is 14.8 Å². The van der Waals surface area contributed by atoms with Crippen molar-refractivity contribution in [3.8, 4) is 0 Å². The highest BCUT2D eigenvalue weighted by Crippen LogP contribution is 2.26. The van der Waals surface area contributed by atoms with Crippen LogP contribution in [0.3, 0.4) is 0 Å². The quantitative estimate of drug-likeness (QED) is 0.802. The summed E-state index contributed by atoms with van der Waals surface area (Å²) in [5.41, 5.74) is 1.02. The van der Waals surface area contributed by atoms with E-state index in [4.69, 9.17) is 4.74 Å². The van der Waals surface area contributed by atoms with Crippen LogP contribution < -0.4 is 0 Å². The van der Waals surface area contributed by atoms with Gasteiger partial charge in [0.15, 0.2) is 0 Å². The summed E-state index contributed by atoms with van der Waals surface area (Å²) in [6, 6.07) is 9.72. The third kappa shape index (κ3) is 3.06. The molecule has 2 atom stereocenters. The average Bonchev–Trinajstić information content (AvgIpc) is 2.28. The number of hydrogen-bond donors (Lipinski definition) is 0. The summed E-state index contributed by atoms with van der Waals surface area (Å²) in [6.45, 7) is 2.72. The van der Waals surface area contributed by atoms with E-state index in [1.807, 2.05) is 37.3 Å². The van der Waals surface area contributed by atoms with E-state index in [2.05, 4.69) is 0 Å². The van der Waals surface area contributed by atoms with E-state index >= 15 is 0 Å². The highest BCUT2D eigenvalue weighted by molar-refractivity contribution is 7.88. The van der Waals surface area contributed by atoms with E-state index in [1.165, 1.54) is 10.6 Å². The molecule has 5 heteroatoms. The summed E-state index contributed by atoms with van der Waals surface area (Å²) >= 11 is 0. The molecule has 1 aliphatic heterocycles. The zero-order valence-corrected chi connectivity index (χ0v) is 10.9. The zero-order valence-electron chi connectivity index (χ0n) is 10.0. The molecule has 0 bridgehead atoms. The van der Waals surface area contributed by atoms with Gasteiger partial charge in [-0.1, -0.05) is 30.3 Å². The van der Waals surface area contributed by atoms with Gasteiger partial charge in [-0.25, -0.2) is 8.42 Å². The maximum Gasteiger partial charge on any atom is 0.211 e. The molecule has 1 aliphatic rings. The number of morpholine rings is 1. The van der Waals surface area contributed by atoms with Crippen LogP contribution in [0, 0.1) is 0 Å². The van der Waals surface area contributed by atoms with Gasteiger partial charge in [-0.15, -0.1) is 0 Å². The van der Waals surface area contributed by atoms with Gasteiger partial charge in [0, 0.05) is 13.1 Å². The molecule has 1 aromatic rings. The van der Waals surface area contributed by atoms with Crippen LogP contribution in [0.1, 0.15) is 18.6 Å². The summed E-state index contributed by atoms with van der Waals surface area (Å²) in [5, 5.41) is 0. The first-order valence-corrected chi connectivity index (χ1v) is 7.47. The van der Waals surface area contributed by atoms with E-state index in [-0.39, 0.29) is 12.2 Å². The molecule has 0 amide bonds. The predicted octanol–water partition coefficient (Wildman–Crippen LogP) is 1.41. The van der Waals surface area contributed by atoms with Crippen molar-refractivity contribution in [2.45, 2.75) is 19.1 Å². The summed E-state index contributed by atoms with van der Waals surface area (Å²) < 4.78 is 30.4. The van der Waals surface area contributed by atoms with Crippen molar-refractivity contribution >= 4 is 10.0 Å². The molecule has 17 heavy (non-hydrogen) atoms. The molecule has 1 aromatic carbocycles. The van der Waals surface area contributed by atoms with Crippen LogP contribution in [0.4, 0.5) is 0 Å². The Balaban J connectivity index is 2.20. The summed E-state index contributed by atoms with van der Waals surface area (Å²) in [7, 11) is -3.15. The molecule has 0 N–H and O–H groups in total.